The van der Waals surface area contributed by atoms with Crippen molar-refractivity contribution in [3.8, 4) is 28.4 Å². The number of rotatable bonds is 7. The number of anilines is 1. The highest BCUT2D eigenvalue weighted by atomic mass is 16.5. The summed E-state index contributed by atoms with van der Waals surface area (Å²) in [6.45, 7) is 1.84. The van der Waals surface area contributed by atoms with Gasteiger partial charge in [-0.2, -0.15) is 0 Å². The van der Waals surface area contributed by atoms with Gasteiger partial charge < -0.3 is 29.1 Å². The Labute approximate surface area is 226 Å². The van der Waals surface area contributed by atoms with Crippen molar-refractivity contribution in [3.63, 3.8) is 0 Å². The van der Waals surface area contributed by atoms with E-state index in [1.165, 1.54) is 0 Å². The minimum absolute atomic E-state index is 0.0150. The van der Waals surface area contributed by atoms with Crippen molar-refractivity contribution in [2.24, 2.45) is 0 Å². The van der Waals surface area contributed by atoms with Gasteiger partial charge in [-0.3, -0.25) is 4.79 Å². The first kappa shape index (κ1) is 26.3. The number of ether oxygens (including phenoxy) is 3. The Kier molecular flexibility index (Phi) is 7.56. The van der Waals surface area contributed by atoms with Crippen LogP contribution in [0.4, 0.5) is 5.69 Å². The molecule has 1 aliphatic carbocycles. The summed E-state index contributed by atoms with van der Waals surface area (Å²) in [5, 5.41) is 13.1. The number of aryl methyl sites for hydroxylation is 1. The van der Waals surface area contributed by atoms with Gasteiger partial charge in [-0.05, 0) is 86.7 Å². The lowest BCUT2D eigenvalue weighted by Gasteiger charge is -2.26. The van der Waals surface area contributed by atoms with Crippen LogP contribution in [0, 0.1) is 6.92 Å². The molecule has 0 aliphatic heterocycles. The Morgan fingerprint density at radius 1 is 0.949 bits per heavy atom. The Bertz CT molecular complexity index is 1570. The van der Waals surface area contributed by atoms with Crippen LogP contribution in [0.25, 0.3) is 22.1 Å². The molecule has 4 aromatic rings. The number of hydrogen-bond donors (Lipinski definition) is 2. The van der Waals surface area contributed by atoms with E-state index in [-0.39, 0.29) is 17.9 Å². The van der Waals surface area contributed by atoms with Gasteiger partial charge >= 0.3 is 5.63 Å². The molecule has 0 unspecified atom stereocenters. The minimum Gasteiger partial charge on any atom is -0.497 e. The van der Waals surface area contributed by atoms with Gasteiger partial charge in [0.25, 0.3) is 5.91 Å². The normalized spacial score (nSPS) is 17.0. The van der Waals surface area contributed by atoms with Crippen molar-refractivity contribution in [2.45, 2.75) is 44.8 Å². The number of aliphatic hydroxyl groups excluding tert-OH is 1. The molecule has 1 amide bonds. The molecule has 5 rings (SSSR count). The lowest BCUT2D eigenvalue weighted by atomic mass is 9.95. The summed E-state index contributed by atoms with van der Waals surface area (Å²) in [5.74, 6) is 1.47. The van der Waals surface area contributed by atoms with E-state index in [1.54, 1.807) is 38.5 Å². The summed E-state index contributed by atoms with van der Waals surface area (Å²) in [6.07, 6.45) is 2.73. The Hall–Kier alpha value is -4.30. The highest BCUT2D eigenvalue weighted by molar-refractivity contribution is 6.05. The van der Waals surface area contributed by atoms with Crippen molar-refractivity contribution in [1.29, 1.82) is 0 Å². The molecule has 202 valence electrons. The van der Waals surface area contributed by atoms with E-state index in [4.69, 9.17) is 18.6 Å². The van der Waals surface area contributed by atoms with Crippen molar-refractivity contribution >= 4 is 22.6 Å². The Morgan fingerprint density at radius 2 is 1.72 bits per heavy atom. The largest absolute Gasteiger partial charge is 0.497 e. The molecule has 1 heterocycles. The minimum atomic E-state index is -0.654. The highest BCUT2D eigenvalue weighted by Gasteiger charge is 2.22. The van der Waals surface area contributed by atoms with E-state index in [1.807, 2.05) is 43.3 Å². The average Bonchev–Trinajstić information content (AvgIpc) is 2.96. The number of carbonyl (C=O) groups excluding carboxylic acids is 1. The lowest BCUT2D eigenvalue weighted by molar-refractivity contribution is 0.0663. The zero-order valence-electron chi connectivity index (χ0n) is 22.2. The van der Waals surface area contributed by atoms with E-state index < -0.39 is 11.5 Å². The number of hydrogen-bond acceptors (Lipinski definition) is 7. The second-order valence-electron chi connectivity index (χ2n) is 9.70. The van der Waals surface area contributed by atoms with Crippen LogP contribution in [0.5, 0.6) is 17.2 Å². The highest BCUT2D eigenvalue weighted by Crippen LogP contribution is 2.34. The van der Waals surface area contributed by atoms with Crippen molar-refractivity contribution in [1.82, 2.24) is 0 Å². The van der Waals surface area contributed by atoms with E-state index in [0.29, 0.717) is 57.7 Å². The maximum Gasteiger partial charge on any atom is 0.360 e. The van der Waals surface area contributed by atoms with Crippen LogP contribution >= 0.6 is 0 Å². The molecule has 1 aliphatic rings. The number of nitrogens with one attached hydrogen (secondary N) is 1. The number of carbonyl (C=O) groups is 1. The summed E-state index contributed by atoms with van der Waals surface area (Å²) < 4.78 is 22.6. The standard InChI is InChI=1S/C31H31NO7/c1-18-27(38-23-11-9-22(33)10-12-23)13-7-20-17-26(31(35)39-29(18)20)32-30(34)21-8-14-28(37-3)25(16-21)19-5-4-6-24(15-19)36-2/h4-8,13-17,22-23,33H,9-12H2,1-3H3,(H,32,34). The molecule has 0 saturated heterocycles. The van der Waals surface area contributed by atoms with Crippen molar-refractivity contribution in [2.75, 3.05) is 19.5 Å². The molecule has 39 heavy (non-hydrogen) atoms. The molecule has 1 fully saturated rings. The summed E-state index contributed by atoms with van der Waals surface area (Å²) in [7, 11) is 3.16. The summed E-state index contributed by atoms with van der Waals surface area (Å²) in [6, 6.07) is 17.8. The fourth-order valence-corrected chi connectivity index (χ4v) is 4.92. The molecule has 1 saturated carbocycles. The van der Waals surface area contributed by atoms with E-state index in [0.717, 1.165) is 18.4 Å². The van der Waals surface area contributed by atoms with Gasteiger partial charge in [-0.15, -0.1) is 0 Å². The Balaban J connectivity index is 1.40. The SMILES string of the molecule is COc1cccc(-c2cc(C(=O)Nc3cc4ccc(OC5CCC(O)CC5)c(C)c4oc3=O)ccc2OC)c1. The number of amides is 1. The number of benzene rings is 3. The van der Waals surface area contributed by atoms with Crippen molar-refractivity contribution in [3.05, 3.63) is 82.2 Å². The first-order valence-corrected chi connectivity index (χ1v) is 12.9. The van der Waals surface area contributed by atoms with Crippen LogP contribution < -0.4 is 25.2 Å². The zero-order valence-corrected chi connectivity index (χ0v) is 22.2. The third kappa shape index (κ3) is 5.61. The average molecular weight is 530 g/mol. The molecular formula is C31H31NO7. The fourth-order valence-electron chi connectivity index (χ4n) is 4.92. The smallest absolute Gasteiger partial charge is 0.360 e. The quantitative estimate of drug-likeness (QED) is 0.295. The summed E-state index contributed by atoms with van der Waals surface area (Å²) >= 11 is 0. The predicted molar refractivity (Wildman–Crippen MR) is 149 cm³/mol. The third-order valence-electron chi connectivity index (χ3n) is 7.13. The topological polar surface area (TPSA) is 107 Å². The predicted octanol–water partition coefficient (Wildman–Crippen LogP) is 5.72. The van der Waals surface area contributed by atoms with Crippen LogP contribution in [0.1, 0.15) is 41.6 Å². The molecule has 0 atom stereocenters. The lowest BCUT2D eigenvalue weighted by Crippen LogP contribution is -2.26. The number of aliphatic hydroxyl groups is 1. The molecule has 0 radical (unpaired) electrons. The van der Waals surface area contributed by atoms with Crippen LogP contribution in [-0.2, 0) is 0 Å². The molecule has 0 spiro atoms. The van der Waals surface area contributed by atoms with Crippen LogP contribution in [0.2, 0.25) is 0 Å². The number of methoxy groups -OCH3 is 2. The molecule has 8 heteroatoms. The second-order valence-corrected chi connectivity index (χ2v) is 9.70. The van der Waals surface area contributed by atoms with Crippen LogP contribution in [0.15, 0.2) is 69.9 Å². The van der Waals surface area contributed by atoms with E-state index >= 15 is 0 Å². The van der Waals surface area contributed by atoms with Gasteiger partial charge in [-0.25, -0.2) is 4.79 Å². The molecule has 0 bridgehead atoms. The first-order chi connectivity index (χ1) is 18.9. The van der Waals surface area contributed by atoms with E-state index in [2.05, 4.69) is 5.32 Å². The van der Waals surface area contributed by atoms with Gasteiger partial charge in [0, 0.05) is 22.1 Å². The molecular weight excluding hydrogens is 498 g/mol. The van der Waals surface area contributed by atoms with E-state index in [9.17, 15) is 14.7 Å². The van der Waals surface area contributed by atoms with Gasteiger partial charge in [-0.1, -0.05) is 12.1 Å². The van der Waals surface area contributed by atoms with Crippen LogP contribution in [0.3, 0.4) is 0 Å². The zero-order chi connectivity index (χ0) is 27.5. The Morgan fingerprint density at radius 3 is 2.46 bits per heavy atom. The summed E-state index contributed by atoms with van der Waals surface area (Å²) in [4.78, 5) is 26.0. The first-order valence-electron chi connectivity index (χ1n) is 12.9. The van der Waals surface area contributed by atoms with Gasteiger partial charge in [0.15, 0.2) is 0 Å². The molecule has 8 nitrogen and oxygen atoms in total. The molecule has 3 aromatic carbocycles. The van der Waals surface area contributed by atoms with Crippen LogP contribution in [-0.4, -0.2) is 37.4 Å². The maximum atomic E-state index is 13.2. The number of fused-ring (bicyclic) bond motifs is 1. The van der Waals surface area contributed by atoms with Gasteiger partial charge in [0.2, 0.25) is 0 Å². The summed E-state index contributed by atoms with van der Waals surface area (Å²) in [5.41, 5.74) is 2.40. The molecule has 1 aromatic heterocycles. The van der Waals surface area contributed by atoms with Gasteiger partial charge in [0.05, 0.1) is 26.4 Å². The third-order valence-corrected chi connectivity index (χ3v) is 7.13. The van der Waals surface area contributed by atoms with Crippen molar-refractivity contribution < 1.29 is 28.5 Å². The second kappa shape index (κ2) is 11.2. The fraction of sp³-hybridized carbons (Fsp3) is 0.290. The molecule has 2 N–H and O–H groups in total. The maximum absolute atomic E-state index is 13.2. The monoisotopic (exact) mass is 529 g/mol. The van der Waals surface area contributed by atoms with Gasteiger partial charge in [0.1, 0.15) is 28.5 Å².